The number of piperidine rings is 1. The van der Waals surface area contributed by atoms with Gasteiger partial charge >= 0.3 is 6.03 Å². The van der Waals surface area contributed by atoms with E-state index < -0.39 is 0 Å². The molecule has 1 aromatic carbocycles. The third-order valence-corrected chi connectivity index (χ3v) is 4.58. The summed E-state index contributed by atoms with van der Waals surface area (Å²) in [7, 11) is 0. The molecule has 0 atom stereocenters. The predicted molar refractivity (Wildman–Crippen MR) is 105 cm³/mol. The fourth-order valence-electron chi connectivity index (χ4n) is 3.11. The second-order valence-electron chi connectivity index (χ2n) is 7.02. The summed E-state index contributed by atoms with van der Waals surface area (Å²) in [6.45, 7) is 11.0. The largest absolute Gasteiger partial charge is 0.338 e. The number of anilines is 1. The van der Waals surface area contributed by atoms with Gasteiger partial charge in [0.25, 0.3) is 0 Å². The van der Waals surface area contributed by atoms with E-state index in [-0.39, 0.29) is 23.8 Å². The van der Waals surface area contributed by atoms with E-state index in [0.717, 1.165) is 31.5 Å². The number of nitrogens with one attached hydrogen (secondary N) is 2. The summed E-state index contributed by atoms with van der Waals surface area (Å²) in [6, 6.07) is 5.42. The van der Waals surface area contributed by atoms with E-state index in [1.807, 2.05) is 18.7 Å². The van der Waals surface area contributed by atoms with Gasteiger partial charge in [-0.25, -0.2) is 9.18 Å². The second kappa shape index (κ2) is 10.1. The number of urea groups is 1. The van der Waals surface area contributed by atoms with Crippen LogP contribution in [0.15, 0.2) is 36.4 Å². The molecule has 1 saturated heterocycles. The van der Waals surface area contributed by atoms with Crippen molar-refractivity contribution in [1.29, 1.82) is 0 Å². The highest BCUT2D eigenvalue weighted by molar-refractivity contribution is 5.89. The number of nitrogens with zero attached hydrogens (tertiary/aromatic N) is 2. The Morgan fingerprint density at radius 1 is 1.26 bits per heavy atom. The Labute approximate surface area is 160 Å². The minimum atomic E-state index is -0.340. The number of halogens is 1. The molecule has 27 heavy (non-hydrogen) atoms. The minimum absolute atomic E-state index is 0.0644. The molecule has 148 valence electrons. The van der Waals surface area contributed by atoms with E-state index in [9.17, 15) is 14.0 Å². The average Bonchev–Trinajstić information content (AvgIpc) is 2.63. The Morgan fingerprint density at radius 3 is 2.44 bits per heavy atom. The van der Waals surface area contributed by atoms with E-state index in [0.29, 0.717) is 25.3 Å². The minimum Gasteiger partial charge on any atom is -0.338 e. The fourth-order valence-corrected chi connectivity index (χ4v) is 3.11. The average molecular weight is 376 g/mol. The van der Waals surface area contributed by atoms with Crippen molar-refractivity contribution in [3.05, 3.63) is 42.2 Å². The molecule has 0 spiro atoms. The number of rotatable bonds is 7. The first-order chi connectivity index (χ1) is 12.9. The molecule has 0 aliphatic carbocycles. The molecule has 0 bridgehead atoms. The van der Waals surface area contributed by atoms with Crippen LogP contribution in [0.5, 0.6) is 0 Å². The van der Waals surface area contributed by atoms with Gasteiger partial charge < -0.3 is 15.5 Å². The SMILES string of the molecule is C=C(C)CN(CC)C(=O)CN1CCC(NC(=O)Nc2ccc(F)cc2)CC1. The lowest BCUT2D eigenvalue weighted by atomic mass is 10.1. The quantitative estimate of drug-likeness (QED) is 0.719. The Hall–Kier alpha value is -2.41. The molecular weight excluding hydrogens is 347 g/mol. The summed E-state index contributed by atoms with van der Waals surface area (Å²) in [6.07, 6.45) is 1.58. The lowest BCUT2D eigenvalue weighted by Gasteiger charge is -2.33. The fraction of sp³-hybridized carbons (Fsp3) is 0.500. The van der Waals surface area contributed by atoms with Crippen molar-refractivity contribution in [2.75, 3.05) is 38.0 Å². The van der Waals surface area contributed by atoms with E-state index in [1.165, 1.54) is 24.3 Å². The molecule has 1 heterocycles. The third kappa shape index (κ3) is 7.02. The predicted octanol–water partition coefficient (Wildman–Crippen LogP) is 2.84. The van der Waals surface area contributed by atoms with E-state index in [2.05, 4.69) is 22.1 Å². The molecule has 0 radical (unpaired) electrons. The van der Waals surface area contributed by atoms with Crippen LogP contribution in [0.25, 0.3) is 0 Å². The Morgan fingerprint density at radius 2 is 1.89 bits per heavy atom. The van der Waals surface area contributed by atoms with Crippen LogP contribution in [0, 0.1) is 5.82 Å². The zero-order valence-corrected chi connectivity index (χ0v) is 16.1. The van der Waals surface area contributed by atoms with Crippen LogP contribution in [-0.4, -0.2) is 60.5 Å². The number of benzene rings is 1. The van der Waals surface area contributed by atoms with Crippen molar-refractivity contribution in [2.45, 2.75) is 32.7 Å². The number of carbonyl (C=O) groups is 2. The highest BCUT2D eigenvalue weighted by atomic mass is 19.1. The molecule has 0 aromatic heterocycles. The first-order valence-electron chi connectivity index (χ1n) is 9.35. The monoisotopic (exact) mass is 376 g/mol. The molecule has 0 unspecified atom stereocenters. The van der Waals surface area contributed by atoms with Crippen molar-refractivity contribution >= 4 is 17.6 Å². The smallest absolute Gasteiger partial charge is 0.319 e. The summed E-state index contributed by atoms with van der Waals surface area (Å²) in [5.41, 5.74) is 1.52. The molecule has 1 aromatic rings. The highest BCUT2D eigenvalue weighted by Gasteiger charge is 2.23. The van der Waals surface area contributed by atoms with Crippen molar-refractivity contribution < 1.29 is 14.0 Å². The van der Waals surface area contributed by atoms with Gasteiger partial charge in [-0.05, 0) is 51.0 Å². The van der Waals surface area contributed by atoms with Gasteiger partial charge in [0, 0.05) is 37.9 Å². The highest BCUT2D eigenvalue weighted by Crippen LogP contribution is 2.12. The summed E-state index contributed by atoms with van der Waals surface area (Å²) >= 11 is 0. The zero-order valence-electron chi connectivity index (χ0n) is 16.1. The lowest BCUT2D eigenvalue weighted by Crippen LogP contribution is -2.49. The van der Waals surface area contributed by atoms with Crippen LogP contribution >= 0.6 is 0 Å². The molecule has 1 fully saturated rings. The maximum Gasteiger partial charge on any atom is 0.319 e. The van der Waals surface area contributed by atoms with Crippen LogP contribution in [0.1, 0.15) is 26.7 Å². The molecular formula is C20H29FN4O2. The Bertz CT molecular complexity index is 654. The summed E-state index contributed by atoms with van der Waals surface area (Å²) in [4.78, 5) is 28.4. The molecule has 1 aliphatic heterocycles. The van der Waals surface area contributed by atoms with Gasteiger partial charge in [-0.3, -0.25) is 9.69 Å². The maximum absolute atomic E-state index is 12.9. The lowest BCUT2D eigenvalue weighted by molar-refractivity contribution is -0.132. The number of hydrogen-bond acceptors (Lipinski definition) is 3. The van der Waals surface area contributed by atoms with Crippen molar-refractivity contribution in [3.63, 3.8) is 0 Å². The number of amides is 3. The number of likely N-dealkylation sites (N-methyl/N-ethyl adjacent to an activating group) is 1. The van der Waals surface area contributed by atoms with Gasteiger partial charge in [-0.2, -0.15) is 0 Å². The van der Waals surface area contributed by atoms with Crippen molar-refractivity contribution in [2.24, 2.45) is 0 Å². The number of likely N-dealkylation sites (tertiary alicyclic amines) is 1. The van der Waals surface area contributed by atoms with Gasteiger partial charge in [-0.15, -0.1) is 0 Å². The molecule has 3 amide bonds. The molecule has 0 saturated carbocycles. The third-order valence-electron chi connectivity index (χ3n) is 4.58. The van der Waals surface area contributed by atoms with Gasteiger partial charge in [0.15, 0.2) is 0 Å². The van der Waals surface area contributed by atoms with Gasteiger partial charge in [0.1, 0.15) is 5.82 Å². The zero-order chi connectivity index (χ0) is 19.8. The number of hydrogen-bond donors (Lipinski definition) is 2. The molecule has 6 nitrogen and oxygen atoms in total. The first-order valence-corrected chi connectivity index (χ1v) is 9.35. The molecule has 7 heteroatoms. The van der Waals surface area contributed by atoms with E-state index in [1.54, 1.807) is 0 Å². The number of carbonyl (C=O) groups excluding carboxylic acids is 2. The standard InChI is InChI=1S/C20H29FN4O2/c1-4-25(13-15(2)3)19(26)14-24-11-9-18(10-12-24)23-20(27)22-17-7-5-16(21)6-8-17/h5-8,18H,2,4,9-14H2,1,3H3,(H2,22,23,27). The summed E-state index contributed by atoms with van der Waals surface area (Å²) < 4.78 is 12.9. The van der Waals surface area contributed by atoms with E-state index in [4.69, 9.17) is 0 Å². The first kappa shape index (κ1) is 20.9. The van der Waals surface area contributed by atoms with Gasteiger partial charge in [0.05, 0.1) is 6.54 Å². The molecule has 1 aliphatic rings. The van der Waals surface area contributed by atoms with E-state index >= 15 is 0 Å². The second-order valence-corrected chi connectivity index (χ2v) is 7.02. The molecule has 2 N–H and O–H groups in total. The van der Waals surface area contributed by atoms with Crippen LogP contribution < -0.4 is 10.6 Å². The summed E-state index contributed by atoms with van der Waals surface area (Å²) in [5.74, 6) is -0.228. The topological polar surface area (TPSA) is 64.7 Å². The Balaban J connectivity index is 1.73. The molecule has 2 rings (SSSR count). The maximum atomic E-state index is 12.9. The Kier molecular flexibility index (Phi) is 7.79. The van der Waals surface area contributed by atoms with Gasteiger partial charge in [-0.1, -0.05) is 12.2 Å². The normalized spacial score (nSPS) is 15.2. The van der Waals surface area contributed by atoms with Crippen LogP contribution in [0.3, 0.4) is 0 Å². The van der Waals surface area contributed by atoms with Crippen molar-refractivity contribution in [3.8, 4) is 0 Å². The van der Waals surface area contributed by atoms with Crippen LogP contribution in [0.4, 0.5) is 14.9 Å². The van der Waals surface area contributed by atoms with Crippen molar-refractivity contribution in [1.82, 2.24) is 15.1 Å². The van der Waals surface area contributed by atoms with Crippen LogP contribution in [-0.2, 0) is 4.79 Å². The summed E-state index contributed by atoms with van der Waals surface area (Å²) in [5, 5.41) is 5.64. The van der Waals surface area contributed by atoms with Crippen LogP contribution in [0.2, 0.25) is 0 Å². The van der Waals surface area contributed by atoms with Gasteiger partial charge in [0.2, 0.25) is 5.91 Å².